The quantitative estimate of drug-likeness (QED) is 0.611. The summed E-state index contributed by atoms with van der Waals surface area (Å²) in [5.41, 5.74) is 2.82. The number of benzene rings is 1. The molecule has 0 unspecified atom stereocenters. The van der Waals surface area contributed by atoms with Crippen LogP contribution in [0, 0.1) is 16.7 Å². The van der Waals surface area contributed by atoms with Crippen molar-refractivity contribution in [2.45, 2.75) is 40.0 Å². The lowest BCUT2D eigenvalue weighted by atomic mass is 9.70. The maximum atomic E-state index is 5.38. The summed E-state index contributed by atoms with van der Waals surface area (Å²) in [5, 5.41) is 8.92. The second-order valence-corrected chi connectivity index (χ2v) is 7.40. The Kier molecular flexibility index (Phi) is 2.87. The molecule has 2 fully saturated rings. The van der Waals surface area contributed by atoms with Crippen LogP contribution in [0.1, 0.15) is 45.6 Å². The van der Waals surface area contributed by atoms with Gasteiger partial charge in [0.25, 0.3) is 0 Å². The largest absolute Gasteiger partial charge is 0.454 e. The Morgan fingerprint density at radius 2 is 2.00 bits per heavy atom. The number of nitrogens with zero attached hydrogens (tertiary/aromatic N) is 2. The van der Waals surface area contributed by atoms with E-state index in [4.69, 9.17) is 9.47 Å². The zero-order chi connectivity index (χ0) is 15.4. The highest BCUT2D eigenvalue weighted by atomic mass is 16.7. The van der Waals surface area contributed by atoms with Crippen molar-refractivity contribution in [1.82, 2.24) is 0 Å². The summed E-state index contributed by atoms with van der Waals surface area (Å²) in [5.74, 6) is 2.34. The highest BCUT2D eigenvalue weighted by Gasteiger charge is 2.59. The molecule has 2 atom stereocenters. The fraction of sp³-hybridized carbons (Fsp3) is 0.556. The maximum Gasteiger partial charge on any atom is 0.231 e. The van der Waals surface area contributed by atoms with Crippen LogP contribution in [0.15, 0.2) is 28.4 Å². The van der Waals surface area contributed by atoms with Crippen LogP contribution < -0.4 is 9.47 Å². The normalized spacial score (nSPS) is 33.2. The first-order valence-corrected chi connectivity index (χ1v) is 8.01. The van der Waals surface area contributed by atoms with Crippen LogP contribution in [0.25, 0.3) is 0 Å². The molecule has 0 aromatic heterocycles. The van der Waals surface area contributed by atoms with Gasteiger partial charge >= 0.3 is 0 Å². The molecule has 22 heavy (non-hydrogen) atoms. The molecule has 0 radical (unpaired) electrons. The highest BCUT2D eigenvalue weighted by Crippen LogP contribution is 2.63. The number of hydrogen-bond acceptors (Lipinski definition) is 4. The van der Waals surface area contributed by atoms with E-state index in [0.29, 0.717) is 12.2 Å². The van der Waals surface area contributed by atoms with E-state index in [0.717, 1.165) is 29.4 Å². The fourth-order valence-corrected chi connectivity index (χ4v) is 4.24. The second kappa shape index (κ2) is 4.58. The van der Waals surface area contributed by atoms with Gasteiger partial charge in [0.2, 0.25) is 6.79 Å². The van der Waals surface area contributed by atoms with E-state index >= 15 is 0 Å². The summed E-state index contributed by atoms with van der Waals surface area (Å²) in [6.07, 6.45) is 5.47. The van der Waals surface area contributed by atoms with E-state index in [1.165, 1.54) is 18.6 Å². The standard InChI is InChI=1S/C18H22N2O2/c1-17(2)13-6-7-18(17,3)16(9-13)20-19-10-12-4-5-14-15(8-12)22-11-21-14/h4-5,8,10,13H,6-7,9,11H2,1-3H3/b19-10-,20-16+/t13-,18+/m0/s1. The molecule has 0 saturated heterocycles. The van der Waals surface area contributed by atoms with Crippen molar-refractivity contribution >= 4 is 11.9 Å². The minimum absolute atomic E-state index is 0.212. The highest BCUT2D eigenvalue weighted by molar-refractivity contribution is 5.94. The summed E-state index contributed by atoms with van der Waals surface area (Å²) < 4.78 is 10.7. The molecule has 1 aromatic carbocycles. The van der Waals surface area contributed by atoms with Gasteiger partial charge in [-0.25, -0.2) is 0 Å². The number of fused-ring (bicyclic) bond motifs is 3. The van der Waals surface area contributed by atoms with Crippen molar-refractivity contribution in [2.75, 3.05) is 6.79 Å². The van der Waals surface area contributed by atoms with E-state index in [1.807, 2.05) is 18.2 Å². The topological polar surface area (TPSA) is 43.2 Å². The smallest absolute Gasteiger partial charge is 0.231 e. The molecule has 116 valence electrons. The van der Waals surface area contributed by atoms with Gasteiger partial charge in [0, 0.05) is 11.1 Å². The minimum Gasteiger partial charge on any atom is -0.454 e. The lowest BCUT2D eigenvalue weighted by Crippen LogP contribution is -2.32. The van der Waals surface area contributed by atoms with Gasteiger partial charge in [-0.3, -0.25) is 0 Å². The van der Waals surface area contributed by atoms with Crippen LogP contribution in [-0.2, 0) is 0 Å². The Hall–Kier alpha value is -1.84. The lowest BCUT2D eigenvalue weighted by Gasteiger charge is -2.34. The first-order valence-electron chi connectivity index (χ1n) is 8.01. The van der Waals surface area contributed by atoms with E-state index < -0.39 is 0 Å². The van der Waals surface area contributed by atoms with Crippen molar-refractivity contribution in [3.05, 3.63) is 23.8 Å². The molecule has 4 nitrogen and oxygen atoms in total. The Morgan fingerprint density at radius 3 is 2.73 bits per heavy atom. The monoisotopic (exact) mass is 298 g/mol. The fourth-order valence-electron chi connectivity index (χ4n) is 4.24. The van der Waals surface area contributed by atoms with Crippen molar-refractivity contribution in [3.8, 4) is 11.5 Å². The average molecular weight is 298 g/mol. The lowest BCUT2D eigenvalue weighted by molar-refractivity contribution is 0.174. The molecule has 2 bridgehead atoms. The van der Waals surface area contributed by atoms with Crippen molar-refractivity contribution in [1.29, 1.82) is 0 Å². The maximum absolute atomic E-state index is 5.38. The van der Waals surface area contributed by atoms with Gasteiger partial charge in [-0.2, -0.15) is 10.2 Å². The third-order valence-corrected chi connectivity index (χ3v) is 6.29. The predicted molar refractivity (Wildman–Crippen MR) is 86.8 cm³/mol. The first-order chi connectivity index (χ1) is 10.5. The molecule has 4 heteroatoms. The second-order valence-electron chi connectivity index (χ2n) is 7.40. The number of ether oxygens (including phenoxy) is 2. The van der Waals surface area contributed by atoms with Gasteiger partial charge in [-0.05, 0) is 54.4 Å². The van der Waals surface area contributed by atoms with Gasteiger partial charge in [0.15, 0.2) is 11.5 Å². The summed E-state index contributed by atoms with van der Waals surface area (Å²) in [7, 11) is 0. The van der Waals surface area contributed by atoms with Crippen molar-refractivity contribution < 1.29 is 9.47 Å². The number of rotatable bonds is 2. The molecule has 1 heterocycles. The van der Waals surface area contributed by atoms with Crippen LogP contribution in [0.2, 0.25) is 0 Å². The molecule has 2 aliphatic carbocycles. The Bertz CT molecular complexity index is 678. The van der Waals surface area contributed by atoms with Crippen LogP contribution in [0.3, 0.4) is 0 Å². The first kappa shape index (κ1) is 13.8. The molecule has 0 N–H and O–H groups in total. The third kappa shape index (κ3) is 1.82. The van der Waals surface area contributed by atoms with Crippen LogP contribution >= 0.6 is 0 Å². The summed E-state index contributed by atoms with van der Waals surface area (Å²) in [4.78, 5) is 0. The molecule has 2 saturated carbocycles. The molecule has 1 aromatic rings. The van der Waals surface area contributed by atoms with Gasteiger partial charge in [0.1, 0.15) is 0 Å². The summed E-state index contributed by atoms with van der Waals surface area (Å²) in [6.45, 7) is 7.42. The molecule has 0 amide bonds. The van der Waals surface area contributed by atoms with Crippen molar-refractivity contribution in [3.63, 3.8) is 0 Å². The Balaban J connectivity index is 1.55. The van der Waals surface area contributed by atoms with Crippen molar-refractivity contribution in [2.24, 2.45) is 27.0 Å². The van der Waals surface area contributed by atoms with E-state index in [2.05, 4.69) is 31.0 Å². The zero-order valence-corrected chi connectivity index (χ0v) is 13.4. The molecule has 0 spiro atoms. The predicted octanol–water partition coefficient (Wildman–Crippen LogP) is 4.04. The van der Waals surface area contributed by atoms with Crippen LogP contribution in [0.4, 0.5) is 0 Å². The molecule has 1 aliphatic heterocycles. The molecule has 4 rings (SSSR count). The van der Waals surface area contributed by atoms with Gasteiger partial charge < -0.3 is 9.47 Å². The van der Waals surface area contributed by atoms with Crippen LogP contribution in [0.5, 0.6) is 11.5 Å². The van der Waals surface area contributed by atoms with E-state index in [-0.39, 0.29) is 5.41 Å². The van der Waals surface area contributed by atoms with Gasteiger partial charge in [-0.1, -0.05) is 20.8 Å². The average Bonchev–Trinajstić information content (AvgIpc) is 3.09. The summed E-state index contributed by atoms with van der Waals surface area (Å²) in [6, 6.07) is 5.83. The van der Waals surface area contributed by atoms with Crippen LogP contribution in [-0.4, -0.2) is 18.7 Å². The van der Waals surface area contributed by atoms with Gasteiger partial charge in [0.05, 0.1) is 6.21 Å². The Morgan fingerprint density at radius 1 is 1.18 bits per heavy atom. The van der Waals surface area contributed by atoms with E-state index in [1.54, 1.807) is 6.21 Å². The minimum atomic E-state index is 0.212. The number of hydrogen-bond donors (Lipinski definition) is 0. The Labute approximate surface area is 131 Å². The summed E-state index contributed by atoms with van der Waals surface area (Å²) >= 11 is 0. The van der Waals surface area contributed by atoms with Gasteiger partial charge in [-0.15, -0.1) is 0 Å². The van der Waals surface area contributed by atoms with E-state index in [9.17, 15) is 0 Å². The third-order valence-electron chi connectivity index (χ3n) is 6.29. The zero-order valence-electron chi connectivity index (χ0n) is 13.4. The SMILES string of the molecule is CC1(C)[C@H]2CC[C@]1(C)/C(=N/N=C\c1ccc3c(c1)OCO3)C2. The molecular formula is C18H22N2O2. The molecule has 3 aliphatic rings. The molecular weight excluding hydrogens is 276 g/mol.